The van der Waals surface area contributed by atoms with Gasteiger partial charge in [-0.2, -0.15) is 8.78 Å². The van der Waals surface area contributed by atoms with Gasteiger partial charge in [0.2, 0.25) is 5.91 Å². The molecule has 2 amide bonds. The molecule has 1 aliphatic rings. The molecular formula is C15H17ClF2N2O3. The van der Waals surface area contributed by atoms with E-state index in [9.17, 15) is 18.4 Å². The molecule has 0 aromatic heterocycles. The predicted octanol–water partition coefficient (Wildman–Crippen LogP) is 2.20. The topological polar surface area (TPSA) is 49.9 Å². The van der Waals surface area contributed by atoms with Gasteiger partial charge < -0.3 is 14.5 Å². The molecule has 0 spiro atoms. The molecule has 1 heterocycles. The van der Waals surface area contributed by atoms with Gasteiger partial charge in [0.25, 0.3) is 5.91 Å². The molecule has 1 aromatic carbocycles. The summed E-state index contributed by atoms with van der Waals surface area (Å²) in [7, 11) is 0. The molecule has 0 N–H and O–H groups in total. The number of nitrogens with zero attached hydrogens (tertiary/aromatic N) is 2. The maximum Gasteiger partial charge on any atom is 0.387 e. The molecule has 5 nitrogen and oxygen atoms in total. The predicted molar refractivity (Wildman–Crippen MR) is 80.9 cm³/mol. The fourth-order valence-electron chi connectivity index (χ4n) is 2.37. The van der Waals surface area contributed by atoms with Crippen molar-refractivity contribution in [1.29, 1.82) is 0 Å². The monoisotopic (exact) mass is 346 g/mol. The zero-order chi connectivity index (χ0) is 17.0. The van der Waals surface area contributed by atoms with Gasteiger partial charge in [-0.05, 0) is 25.1 Å². The molecule has 0 bridgehead atoms. The van der Waals surface area contributed by atoms with Crippen molar-refractivity contribution >= 4 is 23.4 Å². The third kappa shape index (κ3) is 4.54. The van der Waals surface area contributed by atoms with Crippen LogP contribution in [0.5, 0.6) is 5.75 Å². The number of amides is 2. The fraction of sp³-hybridized carbons (Fsp3) is 0.467. The van der Waals surface area contributed by atoms with Crippen molar-refractivity contribution in [2.75, 3.05) is 26.2 Å². The summed E-state index contributed by atoms with van der Waals surface area (Å²) in [6, 6.07) is 5.67. The van der Waals surface area contributed by atoms with Crippen LogP contribution in [0.1, 0.15) is 17.3 Å². The van der Waals surface area contributed by atoms with Crippen molar-refractivity contribution in [3.05, 3.63) is 29.8 Å². The number of hydrogen-bond acceptors (Lipinski definition) is 3. The molecule has 2 rings (SSSR count). The minimum Gasteiger partial charge on any atom is -0.435 e. The molecule has 1 fully saturated rings. The highest BCUT2D eigenvalue weighted by Crippen LogP contribution is 2.18. The average molecular weight is 347 g/mol. The van der Waals surface area contributed by atoms with E-state index < -0.39 is 12.0 Å². The minimum atomic E-state index is -2.94. The Balaban J connectivity index is 1.98. The SMILES string of the molecule is CC(Cl)C(=O)N1CCN(C(=O)c2cccc(OC(F)F)c2)CC1. The molecule has 0 aliphatic carbocycles. The summed E-state index contributed by atoms with van der Waals surface area (Å²) in [6.45, 7) is 0.203. The standard InChI is InChI=1S/C15H17ClF2N2O3/c1-10(16)13(21)19-5-7-20(8-6-19)14(22)11-3-2-4-12(9-11)23-15(17)18/h2-4,9-10,15H,5-8H2,1H3. The van der Waals surface area contributed by atoms with Crippen LogP contribution in [-0.4, -0.2) is 59.8 Å². The molecule has 0 radical (unpaired) electrons. The number of ether oxygens (including phenoxy) is 1. The summed E-state index contributed by atoms with van der Waals surface area (Å²) in [6.07, 6.45) is 0. The first-order chi connectivity index (χ1) is 10.9. The lowest BCUT2D eigenvalue weighted by molar-refractivity contribution is -0.131. The number of hydrogen-bond donors (Lipinski definition) is 0. The van der Waals surface area contributed by atoms with Gasteiger partial charge in [0.1, 0.15) is 11.1 Å². The number of benzene rings is 1. The van der Waals surface area contributed by atoms with E-state index in [4.69, 9.17) is 11.6 Å². The van der Waals surface area contributed by atoms with Crippen molar-refractivity contribution in [3.63, 3.8) is 0 Å². The van der Waals surface area contributed by atoms with E-state index in [0.29, 0.717) is 26.2 Å². The Labute approximate surface area is 137 Å². The van der Waals surface area contributed by atoms with Crippen LogP contribution in [0.15, 0.2) is 24.3 Å². The molecule has 126 valence electrons. The third-order valence-electron chi connectivity index (χ3n) is 3.53. The molecular weight excluding hydrogens is 330 g/mol. The van der Waals surface area contributed by atoms with Gasteiger partial charge in [0, 0.05) is 31.7 Å². The van der Waals surface area contributed by atoms with Crippen molar-refractivity contribution < 1.29 is 23.1 Å². The van der Waals surface area contributed by atoms with Gasteiger partial charge in [-0.1, -0.05) is 6.07 Å². The highest BCUT2D eigenvalue weighted by atomic mass is 35.5. The fourth-order valence-corrected chi connectivity index (χ4v) is 2.51. The van der Waals surface area contributed by atoms with Gasteiger partial charge in [-0.25, -0.2) is 0 Å². The molecule has 8 heteroatoms. The van der Waals surface area contributed by atoms with E-state index in [1.807, 2.05) is 0 Å². The number of carbonyl (C=O) groups is 2. The number of carbonyl (C=O) groups excluding carboxylic acids is 2. The van der Waals surface area contributed by atoms with Crippen LogP contribution in [0.4, 0.5) is 8.78 Å². The molecule has 1 atom stereocenters. The first kappa shape index (κ1) is 17.5. The van der Waals surface area contributed by atoms with Gasteiger partial charge in [-0.15, -0.1) is 11.6 Å². The van der Waals surface area contributed by atoms with Crippen LogP contribution in [-0.2, 0) is 4.79 Å². The number of alkyl halides is 3. The Hall–Kier alpha value is -1.89. The Bertz CT molecular complexity index is 576. The van der Waals surface area contributed by atoms with E-state index in [0.717, 1.165) is 0 Å². The van der Waals surface area contributed by atoms with Gasteiger partial charge >= 0.3 is 6.61 Å². The van der Waals surface area contributed by atoms with Crippen molar-refractivity contribution in [2.24, 2.45) is 0 Å². The van der Waals surface area contributed by atoms with E-state index in [1.54, 1.807) is 22.8 Å². The largest absolute Gasteiger partial charge is 0.435 e. The highest BCUT2D eigenvalue weighted by Gasteiger charge is 2.26. The number of piperazine rings is 1. The maximum absolute atomic E-state index is 12.4. The second-order valence-corrected chi connectivity index (χ2v) is 5.79. The molecule has 0 saturated carbocycles. The quantitative estimate of drug-likeness (QED) is 0.785. The van der Waals surface area contributed by atoms with Crippen molar-refractivity contribution in [3.8, 4) is 5.75 Å². The van der Waals surface area contributed by atoms with E-state index in [1.165, 1.54) is 18.2 Å². The lowest BCUT2D eigenvalue weighted by atomic mass is 10.1. The lowest BCUT2D eigenvalue weighted by Crippen LogP contribution is -2.52. The molecule has 23 heavy (non-hydrogen) atoms. The summed E-state index contributed by atoms with van der Waals surface area (Å²) in [5.41, 5.74) is 0.272. The Morgan fingerprint density at radius 3 is 2.35 bits per heavy atom. The molecule has 1 unspecified atom stereocenters. The second kappa shape index (κ2) is 7.59. The second-order valence-electron chi connectivity index (χ2n) is 5.14. The van der Waals surface area contributed by atoms with Gasteiger partial charge in [0.05, 0.1) is 0 Å². The lowest BCUT2D eigenvalue weighted by Gasteiger charge is -2.35. The minimum absolute atomic E-state index is 0.0596. The smallest absolute Gasteiger partial charge is 0.387 e. The normalized spacial score (nSPS) is 16.4. The zero-order valence-corrected chi connectivity index (χ0v) is 13.3. The Morgan fingerprint density at radius 1 is 1.17 bits per heavy atom. The first-order valence-electron chi connectivity index (χ1n) is 7.15. The average Bonchev–Trinajstić information content (AvgIpc) is 2.53. The van der Waals surface area contributed by atoms with Gasteiger partial charge in [0.15, 0.2) is 0 Å². The number of rotatable bonds is 4. The summed E-state index contributed by atoms with van der Waals surface area (Å²) < 4.78 is 28.7. The Morgan fingerprint density at radius 2 is 1.78 bits per heavy atom. The van der Waals surface area contributed by atoms with Crippen LogP contribution in [0.25, 0.3) is 0 Å². The molecule has 1 aliphatic heterocycles. The van der Waals surface area contributed by atoms with Crippen molar-refractivity contribution in [1.82, 2.24) is 9.80 Å². The number of halogens is 3. The third-order valence-corrected chi connectivity index (χ3v) is 3.71. The van der Waals surface area contributed by atoms with E-state index >= 15 is 0 Å². The van der Waals surface area contributed by atoms with Crippen LogP contribution in [0.3, 0.4) is 0 Å². The van der Waals surface area contributed by atoms with E-state index in [-0.39, 0.29) is 23.1 Å². The van der Waals surface area contributed by atoms with Gasteiger partial charge in [-0.3, -0.25) is 9.59 Å². The van der Waals surface area contributed by atoms with E-state index in [2.05, 4.69) is 4.74 Å². The first-order valence-corrected chi connectivity index (χ1v) is 7.59. The summed E-state index contributed by atoms with van der Waals surface area (Å²) >= 11 is 5.77. The Kier molecular flexibility index (Phi) is 5.76. The zero-order valence-electron chi connectivity index (χ0n) is 12.5. The maximum atomic E-state index is 12.4. The van der Waals surface area contributed by atoms with Crippen molar-refractivity contribution in [2.45, 2.75) is 18.9 Å². The highest BCUT2D eigenvalue weighted by molar-refractivity contribution is 6.30. The van der Waals surface area contributed by atoms with Crippen LogP contribution in [0.2, 0.25) is 0 Å². The summed E-state index contributed by atoms with van der Waals surface area (Å²) in [5.74, 6) is -0.502. The molecule has 1 aromatic rings. The van der Waals surface area contributed by atoms with Crippen LogP contribution < -0.4 is 4.74 Å². The summed E-state index contributed by atoms with van der Waals surface area (Å²) in [5, 5.41) is -0.597. The molecule has 1 saturated heterocycles. The van der Waals surface area contributed by atoms with Crippen LogP contribution in [0, 0.1) is 0 Å². The van der Waals surface area contributed by atoms with Crippen LogP contribution >= 0.6 is 11.6 Å². The summed E-state index contributed by atoms with van der Waals surface area (Å²) in [4.78, 5) is 27.4.